The number of halogens is 3. The van der Waals surface area contributed by atoms with Crippen molar-refractivity contribution in [2.45, 2.75) is 19.1 Å². The summed E-state index contributed by atoms with van der Waals surface area (Å²) in [4.78, 5) is 25.8. The van der Waals surface area contributed by atoms with Gasteiger partial charge in [-0.3, -0.25) is 9.69 Å². The van der Waals surface area contributed by atoms with Crippen molar-refractivity contribution in [2.75, 3.05) is 18.4 Å². The molecule has 0 bridgehead atoms. The Bertz CT molecular complexity index is 1130. The van der Waals surface area contributed by atoms with Crippen molar-refractivity contribution in [3.63, 3.8) is 0 Å². The van der Waals surface area contributed by atoms with Gasteiger partial charge in [-0.05, 0) is 42.8 Å². The van der Waals surface area contributed by atoms with Crippen molar-refractivity contribution in [1.82, 2.24) is 4.90 Å². The fraction of sp³-hybridized carbons (Fsp3) is 0.273. The molecule has 0 saturated carbocycles. The lowest BCUT2D eigenvalue weighted by Crippen LogP contribution is -2.49. The van der Waals surface area contributed by atoms with Gasteiger partial charge in [-0.25, -0.2) is 4.79 Å². The molecule has 30 heavy (non-hydrogen) atoms. The maximum Gasteiger partial charge on any atom is 0.404 e. The lowest BCUT2D eigenvalue weighted by molar-refractivity contribution is -0.215. The minimum absolute atomic E-state index is 0.171. The minimum atomic E-state index is -4.69. The van der Waals surface area contributed by atoms with Crippen molar-refractivity contribution in [3.8, 4) is 0 Å². The quantitative estimate of drug-likeness (QED) is 0.648. The van der Waals surface area contributed by atoms with Crippen LogP contribution in [0.15, 0.2) is 69.9 Å². The van der Waals surface area contributed by atoms with E-state index in [1.54, 1.807) is 4.90 Å². The van der Waals surface area contributed by atoms with Crippen molar-refractivity contribution in [1.29, 1.82) is 0 Å². The number of likely N-dealkylation sites (tertiary alicyclic amines) is 1. The van der Waals surface area contributed by atoms with Crippen LogP contribution >= 0.6 is 0 Å². The molecule has 2 aromatic carbocycles. The van der Waals surface area contributed by atoms with Gasteiger partial charge in [0.15, 0.2) is 5.41 Å². The lowest BCUT2D eigenvalue weighted by atomic mass is 9.85. The Morgan fingerprint density at radius 3 is 2.60 bits per heavy atom. The molecule has 3 aromatic rings. The molecule has 1 aliphatic heterocycles. The van der Waals surface area contributed by atoms with Gasteiger partial charge in [-0.1, -0.05) is 30.3 Å². The fourth-order valence-electron chi connectivity index (χ4n) is 3.81. The summed E-state index contributed by atoms with van der Waals surface area (Å²) >= 11 is 0. The predicted octanol–water partition coefficient (Wildman–Crippen LogP) is 4.19. The molecule has 1 amide bonds. The molecule has 5 nitrogen and oxygen atoms in total. The van der Waals surface area contributed by atoms with Crippen molar-refractivity contribution in [2.24, 2.45) is 5.41 Å². The second kappa shape index (κ2) is 7.60. The molecular weight excluding hydrogens is 397 g/mol. The van der Waals surface area contributed by atoms with E-state index >= 15 is 0 Å². The number of hydrogen-bond donors (Lipinski definition) is 1. The molecule has 8 heteroatoms. The summed E-state index contributed by atoms with van der Waals surface area (Å²) in [6, 6.07) is 16.3. The van der Waals surface area contributed by atoms with Crippen LogP contribution in [0.3, 0.4) is 0 Å². The summed E-state index contributed by atoms with van der Waals surface area (Å²) in [6.07, 6.45) is -5.00. The normalized spacial score (nSPS) is 19.8. The highest BCUT2D eigenvalue weighted by molar-refractivity contribution is 5.98. The third-order valence-corrected chi connectivity index (χ3v) is 5.45. The van der Waals surface area contributed by atoms with Crippen LogP contribution in [0.1, 0.15) is 12.0 Å². The highest BCUT2D eigenvalue weighted by Gasteiger charge is 2.62. The molecule has 1 fully saturated rings. The first-order chi connectivity index (χ1) is 14.3. The second-order valence-corrected chi connectivity index (χ2v) is 7.49. The summed E-state index contributed by atoms with van der Waals surface area (Å²) < 4.78 is 47.1. The molecule has 1 aliphatic rings. The van der Waals surface area contributed by atoms with E-state index < -0.39 is 29.7 Å². The Kier molecular flexibility index (Phi) is 5.11. The van der Waals surface area contributed by atoms with Crippen LogP contribution < -0.4 is 10.9 Å². The third kappa shape index (κ3) is 3.82. The first-order valence-corrected chi connectivity index (χ1v) is 9.45. The molecule has 1 atom stereocenters. The smallest absolute Gasteiger partial charge is 0.404 e. The third-order valence-electron chi connectivity index (χ3n) is 5.45. The Labute approximate surface area is 170 Å². The number of nitrogens with zero attached hydrogens (tertiary/aromatic N) is 1. The van der Waals surface area contributed by atoms with Crippen molar-refractivity contribution < 1.29 is 22.4 Å². The van der Waals surface area contributed by atoms with Gasteiger partial charge in [0, 0.05) is 30.2 Å². The average Bonchev–Trinajstić information content (AvgIpc) is 3.14. The Morgan fingerprint density at radius 2 is 1.87 bits per heavy atom. The second-order valence-electron chi connectivity index (χ2n) is 7.49. The van der Waals surface area contributed by atoms with Crippen LogP contribution in [0.4, 0.5) is 18.9 Å². The lowest BCUT2D eigenvalue weighted by Gasteiger charge is -2.30. The summed E-state index contributed by atoms with van der Waals surface area (Å²) in [5.41, 5.74) is -1.61. The summed E-state index contributed by atoms with van der Waals surface area (Å²) in [5.74, 6) is -1.08. The number of hydrogen-bond acceptors (Lipinski definition) is 4. The van der Waals surface area contributed by atoms with Crippen LogP contribution in [0.2, 0.25) is 0 Å². The highest BCUT2D eigenvalue weighted by Crippen LogP contribution is 2.46. The number of benzene rings is 2. The first-order valence-electron chi connectivity index (χ1n) is 9.45. The molecular formula is C22H19F3N2O3. The van der Waals surface area contributed by atoms with Crippen LogP contribution in [-0.4, -0.2) is 30.1 Å². The number of anilines is 1. The zero-order valence-electron chi connectivity index (χ0n) is 15.9. The van der Waals surface area contributed by atoms with E-state index in [9.17, 15) is 22.8 Å². The minimum Gasteiger partial charge on any atom is -0.423 e. The number of amides is 1. The topological polar surface area (TPSA) is 62.6 Å². The van der Waals surface area contributed by atoms with E-state index in [0.29, 0.717) is 17.5 Å². The first kappa shape index (κ1) is 20.2. The van der Waals surface area contributed by atoms with Crippen LogP contribution in [0, 0.1) is 5.41 Å². The SMILES string of the molecule is O=C(Nc1ccc2oc(=O)ccc2c1)C1(C(F)(F)F)CCN(Cc2ccccc2)C1. The van der Waals surface area contributed by atoms with E-state index in [-0.39, 0.29) is 18.7 Å². The van der Waals surface area contributed by atoms with E-state index in [4.69, 9.17) is 4.42 Å². The molecule has 4 rings (SSSR count). The van der Waals surface area contributed by atoms with Crippen LogP contribution in [-0.2, 0) is 11.3 Å². The van der Waals surface area contributed by atoms with Gasteiger partial charge >= 0.3 is 11.8 Å². The van der Waals surface area contributed by atoms with E-state index in [1.807, 2.05) is 30.3 Å². The summed E-state index contributed by atoms with van der Waals surface area (Å²) in [6.45, 7) is 0.116. The molecule has 156 valence electrons. The monoisotopic (exact) mass is 416 g/mol. The molecule has 2 heterocycles. The van der Waals surface area contributed by atoms with E-state index in [0.717, 1.165) is 5.56 Å². The molecule has 0 radical (unpaired) electrons. The molecule has 0 aliphatic carbocycles. The highest BCUT2D eigenvalue weighted by atomic mass is 19.4. The molecule has 1 N–H and O–H groups in total. The van der Waals surface area contributed by atoms with Gasteiger partial charge < -0.3 is 9.73 Å². The summed E-state index contributed by atoms with van der Waals surface area (Å²) in [5, 5.41) is 2.92. The fourth-order valence-corrected chi connectivity index (χ4v) is 3.81. The van der Waals surface area contributed by atoms with Crippen molar-refractivity contribution >= 4 is 22.6 Å². The number of alkyl halides is 3. The standard InChI is InChI=1S/C22H19F3N2O3/c23-22(24,25)21(10-11-27(14-21)13-15-4-2-1-3-5-15)20(29)26-17-7-8-18-16(12-17)6-9-19(28)30-18/h1-9,12H,10-11,13-14H2,(H,26,29). The van der Waals surface area contributed by atoms with E-state index in [2.05, 4.69) is 5.32 Å². The number of carbonyl (C=O) groups excluding carboxylic acids is 1. The average molecular weight is 416 g/mol. The Balaban J connectivity index is 1.56. The van der Waals surface area contributed by atoms with Gasteiger partial charge in [0.25, 0.3) is 0 Å². The number of rotatable bonds is 4. The van der Waals surface area contributed by atoms with Crippen LogP contribution in [0.25, 0.3) is 11.0 Å². The van der Waals surface area contributed by atoms with E-state index in [1.165, 1.54) is 30.3 Å². The molecule has 1 aromatic heterocycles. The number of nitrogens with one attached hydrogen (secondary N) is 1. The zero-order valence-corrected chi connectivity index (χ0v) is 15.9. The largest absolute Gasteiger partial charge is 0.423 e. The molecule has 0 spiro atoms. The number of fused-ring (bicyclic) bond motifs is 1. The van der Waals surface area contributed by atoms with Gasteiger partial charge in [-0.15, -0.1) is 0 Å². The maximum atomic E-state index is 14.0. The van der Waals surface area contributed by atoms with Gasteiger partial charge in [0.2, 0.25) is 5.91 Å². The maximum absolute atomic E-state index is 14.0. The zero-order chi connectivity index (χ0) is 21.4. The Morgan fingerprint density at radius 1 is 1.10 bits per heavy atom. The Hall–Kier alpha value is -3.13. The molecule has 1 unspecified atom stereocenters. The van der Waals surface area contributed by atoms with Crippen LogP contribution in [0.5, 0.6) is 0 Å². The summed E-state index contributed by atoms with van der Waals surface area (Å²) in [7, 11) is 0. The van der Waals surface area contributed by atoms with Gasteiger partial charge in [0.05, 0.1) is 0 Å². The predicted molar refractivity (Wildman–Crippen MR) is 106 cm³/mol. The van der Waals surface area contributed by atoms with Gasteiger partial charge in [-0.2, -0.15) is 13.2 Å². The molecule has 1 saturated heterocycles. The number of carbonyl (C=O) groups is 1. The van der Waals surface area contributed by atoms with Gasteiger partial charge in [0.1, 0.15) is 5.58 Å². The van der Waals surface area contributed by atoms with Crippen molar-refractivity contribution in [3.05, 3.63) is 76.6 Å².